The average molecular weight is 1110 g/mol. The Morgan fingerprint density at radius 1 is 0.266 bits per heavy atom. The van der Waals surface area contributed by atoms with E-state index in [-0.39, 0.29) is 37.5 Å². The molecule has 0 aliphatic carbocycles. The maximum absolute atomic E-state index is 12.9. The van der Waals surface area contributed by atoms with Crippen molar-refractivity contribution in [2.45, 2.75) is 374 Å². The second-order valence-electron chi connectivity index (χ2n) is 23.4. The molecule has 0 aromatic rings. The molecule has 460 valence electrons. The Balaban J connectivity index is 4.11. The van der Waals surface area contributed by atoms with E-state index in [0.717, 1.165) is 77.0 Å². The number of carbonyl (C=O) groups excluding carboxylic acids is 3. The molecule has 79 heavy (non-hydrogen) atoms. The van der Waals surface area contributed by atoms with E-state index in [1.54, 1.807) is 0 Å². The van der Waals surface area contributed by atoms with Gasteiger partial charge in [0, 0.05) is 19.3 Å². The molecular formula is C73H132O6. The van der Waals surface area contributed by atoms with Crippen LogP contribution in [-0.2, 0) is 28.6 Å². The van der Waals surface area contributed by atoms with Gasteiger partial charge in [0.2, 0.25) is 0 Å². The molecule has 6 nitrogen and oxygen atoms in total. The number of hydrogen-bond acceptors (Lipinski definition) is 6. The second-order valence-corrected chi connectivity index (χ2v) is 23.4. The minimum Gasteiger partial charge on any atom is -0.462 e. The molecule has 0 aromatic carbocycles. The Hall–Kier alpha value is -2.89. The highest BCUT2D eigenvalue weighted by atomic mass is 16.6. The van der Waals surface area contributed by atoms with Gasteiger partial charge in [-0.05, 0) is 57.8 Å². The highest BCUT2D eigenvalue weighted by Gasteiger charge is 2.19. The first kappa shape index (κ1) is 76.1. The third-order valence-electron chi connectivity index (χ3n) is 15.5. The van der Waals surface area contributed by atoms with E-state index in [2.05, 4.69) is 81.5 Å². The van der Waals surface area contributed by atoms with Crippen molar-refractivity contribution in [2.24, 2.45) is 0 Å². The van der Waals surface area contributed by atoms with Gasteiger partial charge in [-0.2, -0.15) is 0 Å². The lowest BCUT2D eigenvalue weighted by atomic mass is 10.0. The van der Waals surface area contributed by atoms with E-state index in [4.69, 9.17) is 14.2 Å². The van der Waals surface area contributed by atoms with Crippen LogP contribution in [0.2, 0.25) is 0 Å². The standard InChI is InChI=1S/C73H132O6/c1-4-7-10-13-16-19-22-24-26-28-29-30-31-32-33-34-35-36-37-38-39-40-41-42-43-45-46-48-51-54-57-60-63-66-72(75)78-69-70(68-77-71(74)65-62-59-56-53-50-21-18-15-12-9-6-3)79-73(76)67-64-61-58-55-52-49-47-44-27-25-23-20-17-14-11-8-5-2/h8,11,17,20,25,27,47,49,55,58,70H,4-7,9-10,12-16,18-19,21-24,26,28-46,48,50-54,56-57,59-69H2,1-3H3/b11-8-,20-17-,27-25-,49-47-,58-55-. The van der Waals surface area contributed by atoms with Crippen molar-refractivity contribution in [3.05, 3.63) is 60.8 Å². The van der Waals surface area contributed by atoms with E-state index in [9.17, 15) is 14.4 Å². The summed E-state index contributed by atoms with van der Waals surface area (Å²) in [6.07, 6.45) is 87.1. The summed E-state index contributed by atoms with van der Waals surface area (Å²) < 4.78 is 16.9. The monoisotopic (exact) mass is 1110 g/mol. The summed E-state index contributed by atoms with van der Waals surface area (Å²) >= 11 is 0. The lowest BCUT2D eigenvalue weighted by molar-refractivity contribution is -0.167. The van der Waals surface area contributed by atoms with E-state index in [0.29, 0.717) is 19.3 Å². The van der Waals surface area contributed by atoms with E-state index < -0.39 is 6.10 Å². The van der Waals surface area contributed by atoms with Crippen LogP contribution in [0.1, 0.15) is 367 Å². The van der Waals surface area contributed by atoms with E-state index >= 15 is 0 Å². The predicted molar refractivity (Wildman–Crippen MR) is 344 cm³/mol. The molecule has 0 aliphatic rings. The Labute approximate surface area is 491 Å². The predicted octanol–water partition coefficient (Wildman–Crippen LogP) is 23.9. The molecule has 0 heterocycles. The molecule has 1 unspecified atom stereocenters. The summed E-state index contributed by atoms with van der Waals surface area (Å²) in [4.78, 5) is 38.2. The molecule has 0 radical (unpaired) electrons. The van der Waals surface area contributed by atoms with Gasteiger partial charge in [-0.15, -0.1) is 0 Å². The highest BCUT2D eigenvalue weighted by molar-refractivity contribution is 5.71. The molecule has 0 bridgehead atoms. The van der Waals surface area contributed by atoms with Gasteiger partial charge < -0.3 is 14.2 Å². The molecule has 6 heteroatoms. The minimum absolute atomic E-state index is 0.0925. The number of esters is 3. The summed E-state index contributed by atoms with van der Waals surface area (Å²) in [6, 6.07) is 0. The number of hydrogen-bond donors (Lipinski definition) is 0. The zero-order chi connectivity index (χ0) is 57.1. The Kier molecular flexibility index (Phi) is 65.1. The zero-order valence-corrected chi connectivity index (χ0v) is 52.9. The number of unbranched alkanes of at least 4 members (excludes halogenated alkanes) is 43. The van der Waals surface area contributed by atoms with Gasteiger partial charge in [-0.3, -0.25) is 14.4 Å². The number of ether oxygens (including phenoxy) is 3. The first-order valence-corrected chi connectivity index (χ1v) is 34.8. The average Bonchev–Trinajstić information content (AvgIpc) is 3.45. The summed E-state index contributed by atoms with van der Waals surface area (Å²) in [5, 5.41) is 0. The van der Waals surface area contributed by atoms with Gasteiger partial charge >= 0.3 is 17.9 Å². The Bertz CT molecular complexity index is 1410. The van der Waals surface area contributed by atoms with Gasteiger partial charge in [0.1, 0.15) is 13.2 Å². The third-order valence-corrected chi connectivity index (χ3v) is 15.5. The molecule has 0 spiro atoms. The van der Waals surface area contributed by atoms with Crippen LogP contribution in [0.5, 0.6) is 0 Å². The first-order valence-electron chi connectivity index (χ1n) is 34.8. The summed E-state index contributed by atoms with van der Waals surface area (Å²) in [6.45, 7) is 6.52. The summed E-state index contributed by atoms with van der Waals surface area (Å²) in [5.74, 6) is -0.933. The zero-order valence-electron chi connectivity index (χ0n) is 52.9. The molecule has 0 saturated carbocycles. The molecule has 0 fully saturated rings. The van der Waals surface area contributed by atoms with Crippen molar-refractivity contribution >= 4 is 17.9 Å². The highest BCUT2D eigenvalue weighted by Crippen LogP contribution is 2.18. The SMILES string of the molecule is CC/C=C\C/C=C\C/C=C\C/C=C\C/C=C\CCCC(=O)OC(COC(=O)CCCCCCCCCCCCC)COC(=O)CCCCCCCCCCCCCCCCCCCCCCCCCCCCCCCCCCC. The summed E-state index contributed by atoms with van der Waals surface area (Å²) in [7, 11) is 0. The van der Waals surface area contributed by atoms with Crippen molar-refractivity contribution in [1.29, 1.82) is 0 Å². The van der Waals surface area contributed by atoms with Crippen LogP contribution in [0.25, 0.3) is 0 Å². The number of rotatable bonds is 64. The molecule has 0 amide bonds. The smallest absolute Gasteiger partial charge is 0.306 e. The fourth-order valence-electron chi connectivity index (χ4n) is 10.4. The topological polar surface area (TPSA) is 78.9 Å². The van der Waals surface area contributed by atoms with Gasteiger partial charge in [-0.25, -0.2) is 0 Å². The number of allylic oxidation sites excluding steroid dienone is 10. The first-order chi connectivity index (χ1) is 39.0. The van der Waals surface area contributed by atoms with Gasteiger partial charge in [-0.1, -0.05) is 351 Å². The quantitative estimate of drug-likeness (QED) is 0.0261. The van der Waals surface area contributed by atoms with E-state index in [1.165, 1.54) is 244 Å². The molecule has 0 N–H and O–H groups in total. The van der Waals surface area contributed by atoms with Crippen LogP contribution in [0, 0.1) is 0 Å². The molecule has 0 aromatic heterocycles. The lowest BCUT2D eigenvalue weighted by Gasteiger charge is -2.18. The molecule has 1 atom stereocenters. The van der Waals surface area contributed by atoms with Crippen LogP contribution in [0.3, 0.4) is 0 Å². The molecule has 0 rings (SSSR count). The number of carbonyl (C=O) groups is 3. The van der Waals surface area contributed by atoms with Crippen molar-refractivity contribution in [1.82, 2.24) is 0 Å². The fraction of sp³-hybridized carbons (Fsp3) is 0.822. The van der Waals surface area contributed by atoms with Crippen LogP contribution in [-0.4, -0.2) is 37.2 Å². The van der Waals surface area contributed by atoms with Crippen molar-refractivity contribution in [3.63, 3.8) is 0 Å². The maximum Gasteiger partial charge on any atom is 0.306 e. The van der Waals surface area contributed by atoms with E-state index in [1.807, 2.05) is 0 Å². The van der Waals surface area contributed by atoms with Crippen molar-refractivity contribution < 1.29 is 28.6 Å². The normalized spacial score (nSPS) is 12.4. The Morgan fingerprint density at radius 3 is 0.759 bits per heavy atom. The van der Waals surface area contributed by atoms with Gasteiger partial charge in [0.15, 0.2) is 6.10 Å². The van der Waals surface area contributed by atoms with Crippen LogP contribution >= 0.6 is 0 Å². The Morgan fingerprint density at radius 2 is 0.494 bits per heavy atom. The van der Waals surface area contributed by atoms with Crippen molar-refractivity contribution in [3.8, 4) is 0 Å². The third kappa shape index (κ3) is 65.8. The van der Waals surface area contributed by atoms with Crippen LogP contribution in [0.4, 0.5) is 0 Å². The van der Waals surface area contributed by atoms with Crippen LogP contribution < -0.4 is 0 Å². The largest absolute Gasteiger partial charge is 0.462 e. The lowest BCUT2D eigenvalue weighted by Crippen LogP contribution is -2.30. The fourth-order valence-corrected chi connectivity index (χ4v) is 10.4. The van der Waals surface area contributed by atoms with Crippen LogP contribution in [0.15, 0.2) is 60.8 Å². The maximum atomic E-state index is 12.9. The second kappa shape index (κ2) is 67.6. The molecular weight excluding hydrogens is 973 g/mol. The molecule has 0 saturated heterocycles. The minimum atomic E-state index is -0.801. The summed E-state index contributed by atoms with van der Waals surface area (Å²) in [5.41, 5.74) is 0. The van der Waals surface area contributed by atoms with Gasteiger partial charge in [0.25, 0.3) is 0 Å². The molecule has 0 aliphatic heterocycles. The van der Waals surface area contributed by atoms with Crippen molar-refractivity contribution in [2.75, 3.05) is 13.2 Å². The van der Waals surface area contributed by atoms with Gasteiger partial charge in [0.05, 0.1) is 0 Å².